The van der Waals surface area contributed by atoms with Gasteiger partial charge >= 0.3 is 0 Å². The first kappa shape index (κ1) is 15.0. The van der Waals surface area contributed by atoms with Crippen LogP contribution in [-0.2, 0) is 5.75 Å². The molecule has 0 aromatic carbocycles. The Morgan fingerprint density at radius 1 is 0.885 bits per heavy atom. The largest absolute Gasteiger partial charge is 0.307 e. The molecule has 5 aromatic heterocycles. The van der Waals surface area contributed by atoms with Gasteiger partial charge in [-0.3, -0.25) is 4.98 Å². The van der Waals surface area contributed by atoms with Crippen LogP contribution in [0.5, 0.6) is 0 Å². The van der Waals surface area contributed by atoms with Gasteiger partial charge in [0.1, 0.15) is 11.3 Å². The lowest BCUT2D eigenvalue weighted by Gasteiger charge is -2.01. The zero-order chi connectivity index (χ0) is 17.3. The molecule has 0 bridgehead atoms. The smallest absolute Gasteiger partial charge is 0.212 e. The zero-order valence-corrected chi connectivity index (χ0v) is 14.4. The van der Waals surface area contributed by atoms with E-state index in [1.54, 1.807) is 22.5 Å². The van der Waals surface area contributed by atoms with E-state index in [4.69, 9.17) is 0 Å². The number of imidazole rings is 1. The topological polar surface area (TPSA) is 73.3 Å². The third kappa shape index (κ3) is 2.70. The molecule has 0 spiro atoms. The first-order valence-corrected chi connectivity index (χ1v) is 9.05. The van der Waals surface area contributed by atoms with Gasteiger partial charge in [-0.15, -0.1) is 10.2 Å². The van der Waals surface area contributed by atoms with E-state index in [1.165, 1.54) is 0 Å². The Morgan fingerprint density at radius 2 is 1.85 bits per heavy atom. The fraction of sp³-hybridized carbons (Fsp3) is 0.0556. The van der Waals surface area contributed by atoms with E-state index < -0.39 is 0 Å². The van der Waals surface area contributed by atoms with Crippen LogP contribution < -0.4 is 0 Å². The fourth-order valence-corrected chi connectivity index (χ4v) is 3.48. The average molecular weight is 359 g/mol. The molecule has 0 fully saturated rings. The summed E-state index contributed by atoms with van der Waals surface area (Å²) in [7, 11) is 0. The Hall–Kier alpha value is -3.26. The maximum Gasteiger partial charge on any atom is 0.212 e. The van der Waals surface area contributed by atoms with Crippen molar-refractivity contribution in [2.24, 2.45) is 0 Å². The number of hydrogen-bond acceptors (Lipinski definition) is 6. The normalized spacial score (nSPS) is 11.4. The lowest BCUT2D eigenvalue weighted by molar-refractivity contribution is 0.811. The second kappa shape index (κ2) is 6.23. The quantitative estimate of drug-likeness (QED) is 0.459. The highest BCUT2D eigenvalue weighted by Gasteiger charge is 2.11. The summed E-state index contributed by atoms with van der Waals surface area (Å²) >= 11 is 1.56. The average Bonchev–Trinajstić information content (AvgIpc) is 3.30. The van der Waals surface area contributed by atoms with Crippen LogP contribution in [0.4, 0.5) is 0 Å². The van der Waals surface area contributed by atoms with Crippen molar-refractivity contribution in [3.8, 4) is 11.4 Å². The number of pyridine rings is 2. The molecule has 0 saturated carbocycles. The second-order valence-corrected chi connectivity index (χ2v) is 6.62. The lowest BCUT2D eigenvalue weighted by Crippen LogP contribution is -1.97. The number of aromatic nitrogens is 7. The van der Waals surface area contributed by atoms with Crippen molar-refractivity contribution in [1.82, 2.24) is 34.2 Å². The first-order valence-electron chi connectivity index (χ1n) is 8.06. The molecule has 0 radical (unpaired) electrons. The number of thioether (sulfide) groups is 1. The molecular formula is C18H13N7S. The summed E-state index contributed by atoms with van der Waals surface area (Å²) in [6, 6.07) is 15.5. The minimum absolute atomic E-state index is 0.692. The molecule has 0 saturated heterocycles. The van der Waals surface area contributed by atoms with E-state index in [0.29, 0.717) is 11.4 Å². The van der Waals surface area contributed by atoms with Gasteiger partial charge in [0, 0.05) is 24.3 Å². The zero-order valence-electron chi connectivity index (χ0n) is 13.6. The molecule has 0 aliphatic heterocycles. The summed E-state index contributed by atoms with van der Waals surface area (Å²) in [5.41, 5.74) is 4.23. The summed E-state index contributed by atoms with van der Waals surface area (Å²) in [6.45, 7) is 0. The molecule has 26 heavy (non-hydrogen) atoms. The SMILES string of the molecule is c1ccc(-c2ccc3nnc(SCc4cn5ccccc5n4)n3n2)nc1. The summed E-state index contributed by atoms with van der Waals surface area (Å²) < 4.78 is 3.76. The Kier molecular flexibility index (Phi) is 3.60. The van der Waals surface area contributed by atoms with Gasteiger partial charge in [-0.05, 0) is 36.4 Å². The van der Waals surface area contributed by atoms with Gasteiger partial charge < -0.3 is 4.40 Å². The Bertz CT molecular complexity index is 1160. The van der Waals surface area contributed by atoms with Crippen LogP contribution in [0.3, 0.4) is 0 Å². The molecule has 0 aliphatic carbocycles. The number of fused-ring (bicyclic) bond motifs is 2. The molecule has 7 nitrogen and oxygen atoms in total. The summed E-state index contributed by atoms with van der Waals surface area (Å²) in [4.78, 5) is 8.96. The maximum absolute atomic E-state index is 4.64. The minimum Gasteiger partial charge on any atom is -0.307 e. The highest BCUT2D eigenvalue weighted by atomic mass is 32.2. The predicted molar refractivity (Wildman–Crippen MR) is 98.8 cm³/mol. The molecule has 126 valence electrons. The van der Waals surface area contributed by atoms with Gasteiger partial charge in [-0.2, -0.15) is 9.61 Å². The van der Waals surface area contributed by atoms with Crippen molar-refractivity contribution in [2.75, 3.05) is 0 Å². The van der Waals surface area contributed by atoms with Gasteiger partial charge in [0.25, 0.3) is 0 Å². The van der Waals surface area contributed by atoms with E-state index in [9.17, 15) is 0 Å². The fourth-order valence-electron chi connectivity index (χ4n) is 2.71. The molecule has 0 atom stereocenters. The van der Waals surface area contributed by atoms with Crippen molar-refractivity contribution in [3.63, 3.8) is 0 Å². The van der Waals surface area contributed by atoms with Crippen LogP contribution in [0.25, 0.3) is 22.7 Å². The Balaban J connectivity index is 1.45. The van der Waals surface area contributed by atoms with Gasteiger partial charge in [0.2, 0.25) is 5.16 Å². The van der Waals surface area contributed by atoms with E-state index in [1.807, 2.05) is 65.3 Å². The first-order chi connectivity index (χ1) is 12.9. The van der Waals surface area contributed by atoms with Gasteiger partial charge in [0.15, 0.2) is 5.65 Å². The molecule has 0 unspecified atom stereocenters. The number of rotatable bonds is 4. The molecule has 0 amide bonds. The van der Waals surface area contributed by atoms with E-state index in [2.05, 4.69) is 25.3 Å². The Morgan fingerprint density at radius 3 is 2.73 bits per heavy atom. The standard InChI is InChI=1S/C18H13N7S/c1-3-9-19-14(5-1)15-7-8-17-21-22-18(25(17)23-15)26-12-13-11-24-10-4-2-6-16(24)20-13/h1-11H,12H2. The Labute approximate surface area is 152 Å². The van der Waals surface area contributed by atoms with Crippen molar-refractivity contribution < 1.29 is 0 Å². The maximum atomic E-state index is 4.64. The minimum atomic E-state index is 0.692. The van der Waals surface area contributed by atoms with Crippen molar-refractivity contribution in [1.29, 1.82) is 0 Å². The van der Waals surface area contributed by atoms with E-state index in [-0.39, 0.29) is 0 Å². The van der Waals surface area contributed by atoms with Gasteiger partial charge in [0.05, 0.1) is 11.4 Å². The molecule has 5 rings (SSSR count). The third-order valence-electron chi connectivity index (χ3n) is 3.92. The summed E-state index contributed by atoms with van der Waals surface area (Å²) in [5.74, 6) is 0.692. The van der Waals surface area contributed by atoms with Crippen molar-refractivity contribution in [2.45, 2.75) is 10.9 Å². The monoisotopic (exact) mass is 359 g/mol. The lowest BCUT2D eigenvalue weighted by atomic mass is 10.2. The number of hydrogen-bond donors (Lipinski definition) is 0. The number of nitrogens with zero attached hydrogens (tertiary/aromatic N) is 7. The molecule has 0 aliphatic rings. The highest BCUT2D eigenvalue weighted by Crippen LogP contribution is 2.22. The van der Waals surface area contributed by atoms with Crippen LogP contribution in [0.2, 0.25) is 0 Å². The summed E-state index contributed by atoms with van der Waals surface area (Å²) in [5, 5.41) is 13.8. The molecule has 5 aromatic rings. The van der Waals surface area contributed by atoms with E-state index in [0.717, 1.165) is 27.9 Å². The van der Waals surface area contributed by atoms with Gasteiger partial charge in [-0.25, -0.2) is 4.98 Å². The van der Waals surface area contributed by atoms with Gasteiger partial charge in [-0.1, -0.05) is 23.9 Å². The van der Waals surface area contributed by atoms with E-state index >= 15 is 0 Å². The molecule has 0 N–H and O–H groups in total. The third-order valence-corrected chi connectivity index (χ3v) is 4.88. The predicted octanol–water partition coefficient (Wildman–Crippen LogP) is 3.13. The van der Waals surface area contributed by atoms with Crippen LogP contribution >= 0.6 is 11.8 Å². The van der Waals surface area contributed by atoms with Crippen LogP contribution in [0, 0.1) is 0 Å². The van der Waals surface area contributed by atoms with Crippen molar-refractivity contribution in [3.05, 3.63) is 72.8 Å². The van der Waals surface area contributed by atoms with Crippen LogP contribution in [0.1, 0.15) is 5.69 Å². The van der Waals surface area contributed by atoms with Crippen LogP contribution in [0.15, 0.2) is 72.3 Å². The highest BCUT2D eigenvalue weighted by molar-refractivity contribution is 7.98. The summed E-state index contributed by atoms with van der Waals surface area (Å²) in [6.07, 6.45) is 5.77. The molecule has 8 heteroatoms. The second-order valence-electron chi connectivity index (χ2n) is 5.67. The van der Waals surface area contributed by atoms with Crippen LogP contribution in [-0.4, -0.2) is 34.2 Å². The molecular weight excluding hydrogens is 346 g/mol. The van der Waals surface area contributed by atoms with Crippen molar-refractivity contribution >= 4 is 23.1 Å². The molecule has 5 heterocycles.